The SMILES string of the molecule is C[Si](C)(C#Cc1ncc(C=O)cn1)CCCCCCCCCCC[Si](C)(C)CCCCCCCCCCC[Si](C)(C)C#Cc1ncc(C=O)cn1. The van der Waals surface area contributed by atoms with Crippen molar-refractivity contribution in [2.45, 2.75) is 179 Å². The fourth-order valence-corrected chi connectivity index (χ4v) is 12.5. The molecule has 0 amide bonds. The fraction of sp³-hybridized carbons (Fsp3) is 0.667. The summed E-state index contributed by atoms with van der Waals surface area (Å²) in [7, 11) is -4.16. The van der Waals surface area contributed by atoms with Crippen LogP contribution in [0.3, 0.4) is 0 Å². The Morgan fingerprint density at radius 1 is 0.431 bits per heavy atom. The van der Waals surface area contributed by atoms with E-state index < -0.39 is 24.2 Å². The Morgan fingerprint density at radius 2 is 0.686 bits per heavy atom. The molecule has 0 saturated heterocycles. The minimum Gasteiger partial charge on any atom is -0.298 e. The number of hydrogen-bond donors (Lipinski definition) is 0. The monoisotopic (exact) mass is 744 g/mol. The van der Waals surface area contributed by atoms with E-state index >= 15 is 0 Å². The Labute approximate surface area is 314 Å². The lowest BCUT2D eigenvalue weighted by Gasteiger charge is -2.22. The predicted molar refractivity (Wildman–Crippen MR) is 223 cm³/mol. The third-order valence-electron chi connectivity index (χ3n) is 9.95. The van der Waals surface area contributed by atoms with Gasteiger partial charge in [0.2, 0.25) is 11.6 Å². The van der Waals surface area contributed by atoms with E-state index in [4.69, 9.17) is 0 Å². The van der Waals surface area contributed by atoms with Crippen LogP contribution in [0.25, 0.3) is 0 Å². The molecule has 2 aromatic heterocycles. The molecule has 2 aromatic rings. The van der Waals surface area contributed by atoms with Crippen molar-refractivity contribution in [3.63, 3.8) is 0 Å². The molecule has 2 heterocycles. The van der Waals surface area contributed by atoms with Crippen molar-refractivity contribution in [1.82, 2.24) is 19.9 Å². The quantitative estimate of drug-likeness (QED) is 0.0412. The number of nitrogens with zero attached hydrogens (tertiary/aromatic N) is 4. The molecule has 2 rings (SSSR count). The molecule has 0 aliphatic carbocycles. The Bertz CT molecular complexity index is 1280. The molecular formula is C42H68N4O2Si3. The molecule has 0 fully saturated rings. The molecule has 280 valence electrons. The third kappa shape index (κ3) is 22.7. The Morgan fingerprint density at radius 3 is 0.961 bits per heavy atom. The molecule has 9 heteroatoms. The second-order valence-electron chi connectivity index (χ2n) is 16.7. The van der Waals surface area contributed by atoms with Gasteiger partial charge < -0.3 is 0 Å². The van der Waals surface area contributed by atoms with Crippen molar-refractivity contribution in [1.29, 1.82) is 0 Å². The van der Waals surface area contributed by atoms with Crippen molar-refractivity contribution in [2.24, 2.45) is 0 Å². The molecule has 0 aliphatic heterocycles. The maximum Gasteiger partial charge on any atom is 0.204 e. The zero-order chi connectivity index (χ0) is 37.3. The molecule has 0 spiro atoms. The van der Waals surface area contributed by atoms with E-state index in [9.17, 15) is 9.59 Å². The molecule has 0 atom stereocenters. The van der Waals surface area contributed by atoms with E-state index in [0.29, 0.717) is 22.8 Å². The lowest BCUT2D eigenvalue weighted by atomic mass is 10.1. The van der Waals surface area contributed by atoms with Crippen LogP contribution in [0.1, 0.15) is 148 Å². The van der Waals surface area contributed by atoms with Crippen molar-refractivity contribution < 1.29 is 9.59 Å². The molecule has 0 bridgehead atoms. The van der Waals surface area contributed by atoms with E-state index in [1.807, 2.05) is 0 Å². The summed E-state index contributed by atoms with van der Waals surface area (Å²) >= 11 is 0. The third-order valence-corrected chi connectivity index (χ3v) is 18.2. The number of rotatable bonds is 26. The van der Waals surface area contributed by atoms with Gasteiger partial charge in [0.05, 0.1) is 11.1 Å². The molecular weight excluding hydrogens is 677 g/mol. The average Bonchev–Trinajstić information content (AvgIpc) is 3.11. The second kappa shape index (κ2) is 25.3. The van der Waals surface area contributed by atoms with E-state index in [1.165, 1.54) is 165 Å². The molecule has 0 N–H and O–H groups in total. The highest BCUT2D eigenvalue weighted by Crippen LogP contribution is 2.24. The number of carbonyl (C=O) groups excluding carboxylic acids is 2. The van der Waals surface area contributed by atoms with Crippen LogP contribution < -0.4 is 0 Å². The molecule has 0 saturated carbocycles. The van der Waals surface area contributed by atoms with Crippen molar-refractivity contribution in [3.8, 4) is 22.9 Å². The second-order valence-corrected chi connectivity index (χ2v) is 31.1. The van der Waals surface area contributed by atoms with Crippen molar-refractivity contribution in [2.75, 3.05) is 0 Å². The molecule has 0 unspecified atom stereocenters. The van der Waals surface area contributed by atoms with E-state index in [2.05, 4.69) is 82.1 Å². The lowest BCUT2D eigenvalue weighted by molar-refractivity contribution is 0.111. The van der Waals surface area contributed by atoms with Crippen molar-refractivity contribution >= 4 is 36.8 Å². The number of unbranched alkanes of at least 4 members (excludes halogenated alkanes) is 16. The van der Waals surface area contributed by atoms with Gasteiger partial charge in [-0.1, -0.05) is 167 Å². The summed E-state index contributed by atoms with van der Waals surface area (Å²) in [5.74, 6) is 7.31. The summed E-state index contributed by atoms with van der Waals surface area (Å²) in [5, 5.41) is 0. The number of aromatic nitrogens is 4. The Hall–Kier alpha value is -2.73. The van der Waals surface area contributed by atoms with Gasteiger partial charge in [0.25, 0.3) is 0 Å². The van der Waals surface area contributed by atoms with Crippen LogP contribution in [0.2, 0.25) is 63.5 Å². The largest absolute Gasteiger partial charge is 0.298 e. The van der Waals surface area contributed by atoms with Crippen LogP contribution in [-0.4, -0.2) is 56.7 Å². The Balaban J connectivity index is 1.37. The summed E-state index contributed by atoms with van der Waals surface area (Å²) in [6.45, 7) is 14.6. The van der Waals surface area contributed by atoms with Gasteiger partial charge in [-0.15, -0.1) is 11.1 Å². The minimum absolute atomic E-state index is 0.490. The number of aldehydes is 2. The first kappa shape index (κ1) is 44.4. The van der Waals surface area contributed by atoms with Crippen LogP contribution in [-0.2, 0) is 0 Å². The highest BCUT2D eigenvalue weighted by Gasteiger charge is 2.20. The highest BCUT2D eigenvalue weighted by atomic mass is 28.3. The zero-order valence-electron chi connectivity index (χ0n) is 33.1. The summed E-state index contributed by atoms with van der Waals surface area (Å²) in [6.07, 6.45) is 32.5. The van der Waals surface area contributed by atoms with Gasteiger partial charge in [-0.25, -0.2) is 19.9 Å². The first-order valence-corrected chi connectivity index (χ1v) is 29.9. The minimum atomic E-state index is -1.57. The predicted octanol–water partition coefficient (Wildman–Crippen LogP) is 11.5. The van der Waals surface area contributed by atoms with Crippen LogP contribution >= 0.6 is 0 Å². The van der Waals surface area contributed by atoms with Gasteiger partial charge in [-0.05, 0) is 23.9 Å². The van der Waals surface area contributed by atoms with E-state index in [1.54, 1.807) is 0 Å². The standard InChI is InChI=1S/C42H68N4O2Si3/c1-49(2,27-21-17-13-9-7-11-15-19-23-29-50(3,4)31-25-41-43-33-39(37-47)34-44-41)28-22-18-14-10-8-12-16-20-24-30-51(5,6)32-26-42-45-35-40(38-48)36-46-42/h33-38H,7-24,27-30H2,1-6H3. The van der Waals surface area contributed by atoms with E-state index in [0.717, 1.165) is 12.6 Å². The van der Waals surface area contributed by atoms with Crippen LogP contribution in [0.5, 0.6) is 0 Å². The molecule has 0 aromatic carbocycles. The van der Waals surface area contributed by atoms with E-state index in [-0.39, 0.29) is 0 Å². The lowest BCUT2D eigenvalue weighted by Crippen LogP contribution is -2.24. The summed E-state index contributed by atoms with van der Waals surface area (Å²) in [4.78, 5) is 38.2. The normalized spacial score (nSPS) is 11.7. The maximum atomic E-state index is 10.8. The molecule has 6 nitrogen and oxygen atoms in total. The summed E-state index contributed by atoms with van der Waals surface area (Å²) in [6, 6.07) is 5.48. The first-order valence-electron chi connectivity index (χ1n) is 20.0. The van der Waals surface area contributed by atoms with Gasteiger partial charge in [-0.3, -0.25) is 9.59 Å². The highest BCUT2D eigenvalue weighted by molar-refractivity contribution is 6.85. The fourth-order valence-electron chi connectivity index (χ4n) is 6.44. The maximum absolute atomic E-state index is 10.8. The Kier molecular flexibility index (Phi) is 22.0. The number of hydrogen-bond acceptors (Lipinski definition) is 6. The van der Waals surface area contributed by atoms with Crippen LogP contribution in [0.15, 0.2) is 24.8 Å². The number of carbonyl (C=O) groups is 2. The smallest absolute Gasteiger partial charge is 0.204 e. The van der Waals surface area contributed by atoms with Crippen molar-refractivity contribution in [3.05, 3.63) is 47.6 Å². The van der Waals surface area contributed by atoms with Gasteiger partial charge in [0.1, 0.15) is 16.1 Å². The van der Waals surface area contributed by atoms with Gasteiger partial charge in [-0.2, -0.15) is 0 Å². The topological polar surface area (TPSA) is 85.7 Å². The molecule has 51 heavy (non-hydrogen) atoms. The zero-order valence-corrected chi connectivity index (χ0v) is 36.1. The molecule has 0 radical (unpaired) electrons. The van der Waals surface area contributed by atoms with Crippen LogP contribution in [0.4, 0.5) is 0 Å². The van der Waals surface area contributed by atoms with Gasteiger partial charge in [0, 0.05) is 32.9 Å². The molecule has 0 aliphatic rings. The van der Waals surface area contributed by atoms with Gasteiger partial charge >= 0.3 is 0 Å². The first-order chi connectivity index (χ1) is 24.4. The average molecular weight is 745 g/mol. The summed E-state index contributed by atoms with van der Waals surface area (Å²) in [5.41, 5.74) is 7.91. The summed E-state index contributed by atoms with van der Waals surface area (Å²) < 4.78 is 0. The van der Waals surface area contributed by atoms with Crippen LogP contribution in [0, 0.1) is 22.9 Å². The van der Waals surface area contributed by atoms with Gasteiger partial charge in [0.15, 0.2) is 12.6 Å².